The van der Waals surface area contributed by atoms with Crippen molar-refractivity contribution in [3.63, 3.8) is 0 Å². The highest BCUT2D eigenvalue weighted by molar-refractivity contribution is 7.89. The molecule has 0 radical (unpaired) electrons. The Balaban J connectivity index is 2.02. The van der Waals surface area contributed by atoms with Gasteiger partial charge in [0.25, 0.3) is 5.91 Å². The minimum atomic E-state index is -4.50. The number of amides is 1. The number of hydrogen-bond donors (Lipinski definition) is 2. The Morgan fingerprint density at radius 3 is 2.30 bits per heavy atom. The molecule has 1 aromatic rings. The SMILES string of the molecule is C[C@H](NS(=O)(=O)c1ccc(C(=O)NCC(F)(F)F)cc1)C1CC1. The number of rotatable bonds is 6. The van der Waals surface area contributed by atoms with Crippen LogP contribution in [0, 0.1) is 5.92 Å². The van der Waals surface area contributed by atoms with E-state index in [1.807, 2.05) is 0 Å². The minimum Gasteiger partial charge on any atom is -0.343 e. The lowest BCUT2D eigenvalue weighted by Gasteiger charge is -2.13. The molecule has 0 aliphatic heterocycles. The molecular weight excluding hydrogens is 333 g/mol. The van der Waals surface area contributed by atoms with Crippen molar-refractivity contribution >= 4 is 15.9 Å². The number of sulfonamides is 1. The Bertz CT molecular complexity index is 668. The zero-order valence-corrected chi connectivity index (χ0v) is 13.2. The van der Waals surface area contributed by atoms with Crippen LogP contribution in [0.4, 0.5) is 13.2 Å². The standard InChI is InChI=1S/C14H17F3N2O3S/c1-9(10-2-3-10)19-23(21,22)12-6-4-11(5-7-12)13(20)18-8-14(15,16)17/h4-7,9-10,19H,2-3,8H2,1H3,(H,18,20)/t9-/m0/s1. The molecule has 9 heteroatoms. The third kappa shape index (κ3) is 5.21. The van der Waals surface area contributed by atoms with Crippen LogP contribution in [0.15, 0.2) is 29.2 Å². The van der Waals surface area contributed by atoms with E-state index in [-0.39, 0.29) is 16.5 Å². The van der Waals surface area contributed by atoms with Crippen LogP contribution in [0.3, 0.4) is 0 Å². The van der Waals surface area contributed by atoms with Crippen molar-refractivity contribution in [3.8, 4) is 0 Å². The molecule has 0 bridgehead atoms. The van der Waals surface area contributed by atoms with Crippen molar-refractivity contribution in [3.05, 3.63) is 29.8 Å². The Morgan fingerprint density at radius 1 is 1.26 bits per heavy atom. The quantitative estimate of drug-likeness (QED) is 0.825. The number of carbonyl (C=O) groups is 1. The summed E-state index contributed by atoms with van der Waals surface area (Å²) in [4.78, 5) is 11.5. The number of benzene rings is 1. The fraction of sp³-hybridized carbons (Fsp3) is 0.500. The second-order valence-electron chi connectivity index (χ2n) is 5.57. The fourth-order valence-corrected chi connectivity index (χ4v) is 3.39. The summed E-state index contributed by atoms with van der Waals surface area (Å²) in [5.41, 5.74) is -0.0385. The summed E-state index contributed by atoms with van der Waals surface area (Å²) in [6, 6.07) is 4.59. The largest absolute Gasteiger partial charge is 0.405 e. The predicted octanol–water partition coefficient (Wildman–Crippen LogP) is 2.06. The highest BCUT2D eigenvalue weighted by Gasteiger charge is 2.31. The van der Waals surface area contributed by atoms with E-state index in [2.05, 4.69) is 4.72 Å². The Morgan fingerprint density at radius 2 is 1.83 bits per heavy atom. The molecule has 1 aliphatic carbocycles. The Kier molecular flexibility index (Phi) is 5.00. The molecule has 1 aliphatic rings. The molecule has 0 heterocycles. The first-order valence-electron chi connectivity index (χ1n) is 7.06. The lowest BCUT2D eigenvalue weighted by molar-refractivity contribution is -0.123. The van der Waals surface area contributed by atoms with Gasteiger partial charge >= 0.3 is 6.18 Å². The van der Waals surface area contributed by atoms with Crippen LogP contribution in [0.2, 0.25) is 0 Å². The maximum Gasteiger partial charge on any atom is 0.405 e. The van der Waals surface area contributed by atoms with Crippen LogP contribution >= 0.6 is 0 Å². The van der Waals surface area contributed by atoms with Crippen molar-refractivity contribution in [2.75, 3.05) is 6.54 Å². The van der Waals surface area contributed by atoms with E-state index in [4.69, 9.17) is 0 Å². The molecule has 0 aromatic heterocycles. The maximum absolute atomic E-state index is 12.2. The third-order valence-electron chi connectivity index (χ3n) is 3.55. The molecule has 128 valence electrons. The monoisotopic (exact) mass is 350 g/mol. The predicted molar refractivity (Wildman–Crippen MR) is 77.3 cm³/mol. The van der Waals surface area contributed by atoms with Crippen molar-refractivity contribution in [1.82, 2.24) is 10.0 Å². The molecular formula is C14H17F3N2O3S. The third-order valence-corrected chi connectivity index (χ3v) is 5.12. The average molecular weight is 350 g/mol. The van der Waals surface area contributed by atoms with E-state index in [0.29, 0.717) is 5.92 Å². The van der Waals surface area contributed by atoms with E-state index < -0.39 is 28.7 Å². The summed E-state index contributed by atoms with van der Waals surface area (Å²) >= 11 is 0. The van der Waals surface area contributed by atoms with Crippen molar-refractivity contribution in [1.29, 1.82) is 0 Å². The van der Waals surface area contributed by atoms with Gasteiger partial charge in [-0.2, -0.15) is 13.2 Å². The first-order valence-corrected chi connectivity index (χ1v) is 8.54. The van der Waals surface area contributed by atoms with Crippen molar-refractivity contribution < 1.29 is 26.4 Å². The molecule has 0 saturated heterocycles. The molecule has 1 aromatic carbocycles. The molecule has 23 heavy (non-hydrogen) atoms. The normalized spacial score (nSPS) is 16.9. The maximum atomic E-state index is 12.2. The van der Waals surface area contributed by atoms with Gasteiger partial charge in [-0.15, -0.1) is 0 Å². The molecule has 2 rings (SSSR count). The van der Waals surface area contributed by atoms with Gasteiger partial charge in [-0.3, -0.25) is 4.79 Å². The summed E-state index contributed by atoms with van der Waals surface area (Å²) in [7, 11) is -3.70. The molecule has 1 amide bonds. The molecule has 1 fully saturated rings. The Labute approximate surface area is 132 Å². The van der Waals surface area contributed by atoms with E-state index in [0.717, 1.165) is 12.8 Å². The van der Waals surface area contributed by atoms with Crippen LogP contribution in [0.1, 0.15) is 30.1 Å². The Hall–Kier alpha value is -1.61. The van der Waals surface area contributed by atoms with Crippen LogP contribution in [0.5, 0.6) is 0 Å². The van der Waals surface area contributed by atoms with Gasteiger partial charge in [0.1, 0.15) is 6.54 Å². The lowest BCUT2D eigenvalue weighted by Crippen LogP contribution is -2.34. The van der Waals surface area contributed by atoms with E-state index in [1.165, 1.54) is 24.3 Å². The first kappa shape index (κ1) is 17.7. The second-order valence-corrected chi connectivity index (χ2v) is 7.28. The van der Waals surface area contributed by atoms with Crippen LogP contribution < -0.4 is 10.0 Å². The van der Waals surface area contributed by atoms with Gasteiger partial charge in [0.2, 0.25) is 10.0 Å². The molecule has 1 saturated carbocycles. The summed E-state index contributed by atoms with van der Waals surface area (Å²) in [5.74, 6) is -0.567. The van der Waals surface area contributed by atoms with Crippen LogP contribution in [0.25, 0.3) is 0 Å². The number of carbonyl (C=O) groups excluding carboxylic acids is 1. The van der Waals surface area contributed by atoms with Crippen LogP contribution in [-0.2, 0) is 10.0 Å². The minimum absolute atomic E-state index is 0.0302. The molecule has 2 N–H and O–H groups in total. The van der Waals surface area contributed by atoms with Crippen molar-refractivity contribution in [2.24, 2.45) is 5.92 Å². The van der Waals surface area contributed by atoms with E-state index in [1.54, 1.807) is 12.2 Å². The lowest BCUT2D eigenvalue weighted by atomic mass is 10.2. The molecule has 5 nitrogen and oxygen atoms in total. The van der Waals surface area contributed by atoms with Gasteiger partial charge < -0.3 is 5.32 Å². The molecule has 1 atom stereocenters. The van der Waals surface area contributed by atoms with E-state index in [9.17, 15) is 26.4 Å². The van der Waals surface area contributed by atoms with Crippen LogP contribution in [-0.4, -0.2) is 33.1 Å². The molecule has 0 spiro atoms. The highest BCUT2D eigenvalue weighted by Crippen LogP contribution is 2.33. The number of halogens is 3. The number of hydrogen-bond acceptors (Lipinski definition) is 3. The number of nitrogens with one attached hydrogen (secondary N) is 2. The smallest absolute Gasteiger partial charge is 0.343 e. The summed E-state index contributed by atoms with van der Waals surface area (Å²) in [6.07, 6.45) is -2.52. The summed E-state index contributed by atoms with van der Waals surface area (Å²) in [5, 5.41) is 1.72. The average Bonchev–Trinajstić information content (AvgIpc) is 3.28. The first-order chi connectivity index (χ1) is 10.6. The molecule has 0 unspecified atom stereocenters. The van der Waals surface area contributed by atoms with Gasteiger partial charge in [-0.05, 0) is 49.9 Å². The van der Waals surface area contributed by atoms with Crippen molar-refractivity contribution in [2.45, 2.75) is 36.9 Å². The van der Waals surface area contributed by atoms with Gasteiger partial charge in [0.05, 0.1) is 4.90 Å². The zero-order chi connectivity index (χ0) is 17.3. The van der Waals surface area contributed by atoms with Gasteiger partial charge in [-0.1, -0.05) is 0 Å². The van der Waals surface area contributed by atoms with E-state index >= 15 is 0 Å². The topological polar surface area (TPSA) is 75.3 Å². The zero-order valence-electron chi connectivity index (χ0n) is 12.4. The van der Waals surface area contributed by atoms with Gasteiger partial charge in [0.15, 0.2) is 0 Å². The highest BCUT2D eigenvalue weighted by atomic mass is 32.2. The van der Waals surface area contributed by atoms with Gasteiger partial charge in [0, 0.05) is 11.6 Å². The summed E-state index contributed by atoms with van der Waals surface area (Å²) in [6.45, 7) is 0.348. The summed E-state index contributed by atoms with van der Waals surface area (Å²) < 4.78 is 63.0. The second kappa shape index (κ2) is 6.48. The van der Waals surface area contributed by atoms with Gasteiger partial charge in [-0.25, -0.2) is 13.1 Å². The number of alkyl halides is 3. The fourth-order valence-electron chi connectivity index (χ4n) is 2.07.